The van der Waals surface area contributed by atoms with E-state index in [0.29, 0.717) is 17.6 Å². The number of hydrogen-bond donors (Lipinski definition) is 2. The van der Waals surface area contributed by atoms with Crippen molar-refractivity contribution in [3.63, 3.8) is 0 Å². The first-order valence-electron chi connectivity index (χ1n) is 7.70. The molecule has 0 amide bonds. The van der Waals surface area contributed by atoms with Gasteiger partial charge in [0.05, 0.1) is 7.11 Å². The first-order chi connectivity index (χ1) is 10.5. The summed E-state index contributed by atoms with van der Waals surface area (Å²) in [5.74, 6) is 2.22. The third-order valence-electron chi connectivity index (χ3n) is 4.99. The average molecular weight is 298 g/mol. The summed E-state index contributed by atoms with van der Waals surface area (Å²) in [5.41, 5.74) is 3.57. The van der Waals surface area contributed by atoms with Crippen LogP contribution < -0.4 is 4.74 Å². The predicted molar refractivity (Wildman–Crippen MR) is 86.6 cm³/mol. The summed E-state index contributed by atoms with van der Waals surface area (Å²) >= 11 is 0. The van der Waals surface area contributed by atoms with E-state index in [4.69, 9.17) is 4.74 Å². The van der Waals surface area contributed by atoms with Crippen molar-refractivity contribution < 1.29 is 14.9 Å². The quantitative estimate of drug-likeness (QED) is 0.878. The number of benzene rings is 2. The monoisotopic (exact) mass is 298 g/mol. The highest BCUT2D eigenvalue weighted by Crippen LogP contribution is 2.46. The van der Waals surface area contributed by atoms with Crippen LogP contribution in [0, 0.1) is 11.8 Å². The first kappa shape index (κ1) is 14.8. The van der Waals surface area contributed by atoms with E-state index >= 15 is 0 Å². The average Bonchev–Trinajstić information content (AvgIpc) is 2.50. The molecule has 2 N–H and O–H groups in total. The lowest BCUT2D eigenvalue weighted by molar-refractivity contribution is 0.320. The zero-order valence-corrected chi connectivity index (χ0v) is 13.2. The van der Waals surface area contributed by atoms with Crippen molar-refractivity contribution in [1.29, 1.82) is 0 Å². The van der Waals surface area contributed by atoms with Crippen LogP contribution in [0.3, 0.4) is 0 Å². The molecule has 0 heterocycles. The molecule has 116 valence electrons. The number of phenolic OH excluding ortho intramolecular Hbond substituents is 2. The largest absolute Gasteiger partial charge is 0.508 e. The van der Waals surface area contributed by atoms with Gasteiger partial charge in [0.2, 0.25) is 0 Å². The molecular formula is C19H22O3. The van der Waals surface area contributed by atoms with Crippen molar-refractivity contribution in [3.05, 3.63) is 53.1 Å². The highest BCUT2D eigenvalue weighted by molar-refractivity contribution is 5.52. The summed E-state index contributed by atoms with van der Waals surface area (Å²) in [6, 6.07) is 11.2. The van der Waals surface area contributed by atoms with Crippen LogP contribution in [-0.2, 0) is 6.42 Å². The van der Waals surface area contributed by atoms with Crippen LogP contribution in [0.25, 0.3) is 0 Å². The van der Waals surface area contributed by atoms with Crippen LogP contribution in [0.15, 0.2) is 36.4 Å². The van der Waals surface area contributed by atoms with Crippen LogP contribution in [0.2, 0.25) is 0 Å². The molecule has 0 aromatic heterocycles. The van der Waals surface area contributed by atoms with Gasteiger partial charge in [-0.2, -0.15) is 0 Å². The van der Waals surface area contributed by atoms with Gasteiger partial charge in [-0.25, -0.2) is 0 Å². The second kappa shape index (κ2) is 5.56. The molecule has 0 spiro atoms. The molecule has 1 aliphatic carbocycles. The number of ether oxygens (including phenoxy) is 1. The Morgan fingerprint density at radius 1 is 1.05 bits per heavy atom. The fourth-order valence-corrected chi connectivity index (χ4v) is 3.57. The van der Waals surface area contributed by atoms with E-state index in [1.54, 1.807) is 19.2 Å². The Bertz CT molecular complexity index is 676. The molecule has 2 aromatic carbocycles. The Labute approximate surface area is 131 Å². The second-order valence-corrected chi connectivity index (χ2v) is 6.33. The van der Waals surface area contributed by atoms with Crippen molar-refractivity contribution >= 4 is 0 Å². The molecule has 0 saturated heterocycles. The zero-order valence-electron chi connectivity index (χ0n) is 13.2. The Morgan fingerprint density at radius 2 is 1.73 bits per heavy atom. The molecular weight excluding hydrogens is 276 g/mol. The topological polar surface area (TPSA) is 49.7 Å². The molecule has 3 atom stereocenters. The molecule has 2 aromatic rings. The van der Waals surface area contributed by atoms with Crippen LogP contribution in [0.1, 0.15) is 36.5 Å². The molecule has 1 aliphatic rings. The summed E-state index contributed by atoms with van der Waals surface area (Å²) in [6.45, 7) is 4.52. The minimum absolute atomic E-state index is 0.187. The van der Waals surface area contributed by atoms with Crippen molar-refractivity contribution in [2.45, 2.75) is 26.2 Å². The van der Waals surface area contributed by atoms with E-state index in [0.717, 1.165) is 12.0 Å². The lowest BCUT2D eigenvalue weighted by atomic mass is 9.68. The number of aromatic hydroxyl groups is 2. The summed E-state index contributed by atoms with van der Waals surface area (Å²) in [6.07, 6.45) is 0.988. The van der Waals surface area contributed by atoms with Crippen LogP contribution >= 0.6 is 0 Å². The highest BCUT2D eigenvalue weighted by atomic mass is 16.5. The van der Waals surface area contributed by atoms with E-state index in [1.165, 1.54) is 11.1 Å². The van der Waals surface area contributed by atoms with Crippen molar-refractivity contribution in [1.82, 2.24) is 0 Å². The first-order valence-corrected chi connectivity index (χ1v) is 7.70. The smallest absolute Gasteiger partial charge is 0.160 e. The van der Waals surface area contributed by atoms with E-state index in [2.05, 4.69) is 13.8 Å². The maximum absolute atomic E-state index is 10.2. The summed E-state index contributed by atoms with van der Waals surface area (Å²) in [4.78, 5) is 0. The molecule has 0 radical (unpaired) electrons. The number of phenols is 2. The molecule has 0 unspecified atom stereocenters. The maximum Gasteiger partial charge on any atom is 0.160 e. The highest BCUT2D eigenvalue weighted by Gasteiger charge is 2.33. The lowest BCUT2D eigenvalue weighted by Gasteiger charge is -2.37. The summed E-state index contributed by atoms with van der Waals surface area (Å²) in [7, 11) is 1.58. The number of hydrogen-bond acceptors (Lipinski definition) is 3. The van der Waals surface area contributed by atoms with E-state index < -0.39 is 0 Å². The minimum Gasteiger partial charge on any atom is -0.508 e. The van der Waals surface area contributed by atoms with Gasteiger partial charge in [0, 0.05) is 5.92 Å². The van der Waals surface area contributed by atoms with Gasteiger partial charge in [-0.05, 0) is 59.2 Å². The molecule has 3 rings (SSSR count). The van der Waals surface area contributed by atoms with E-state index in [9.17, 15) is 10.2 Å². The Kier molecular flexibility index (Phi) is 3.73. The summed E-state index contributed by atoms with van der Waals surface area (Å²) in [5, 5.41) is 19.7. The molecule has 0 aliphatic heterocycles. The maximum atomic E-state index is 10.2. The van der Waals surface area contributed by atoms with E-state index in [1.807, 2.05) is 24.3 Å². The Hall–Kier alpha value is -2.16. The van der Waals surface area contributed by atoms with Crippen LogP contribution in [0.4, 0.5) is 0 Å². The Morgan fingerprint density at radius 3 is 2.36 bits per heavy atom. The molecule has 0 fully saturated rings. The second-order valence-electron chi connectivity index (χ2n) is 6.33. The summed E-state index contributed by atoms with van der Waals surface area (Å²) < 4.78 is 5.25. The lowest BCUT2D eigenvalue weighted by Crippen LogP contribution is -2.26. The van der Waals surface area contributed by atoms with Crippen molar-refractivity contribution in [2.75, 3.05) is 7.11 Å². The fraction of sp³-hybridized carbons (Fsp3) is 0.368. The van der Waals surface area contributed by atoms with Gasteiger partial charge in [-0.3, -0.25) is 0 Å². The molecule has 22 heavy (non-hydrogen) atoms. The van der Waals surface area contributed by atoms with Crippen LogP contribution in [-0.4, -0.2) is 17.3 Å². The third kappa shape index (κ3) is 2.41. The predicted octanol–water partition coefficient (Wildman–Crippen LogP) is 4.07. The normalized spacial score (nSPS) is 23.9. The van der Waals surface area contributed by atoms with Crippen molar-refractivity contribution in [3.8, 4) is 17.2 Å². The molecule has 0 bridgehead atoms. The van der Waals surface area contributed by atoms with Gasteiger partial charge in [0.25, 0.3) is 0 Å². The number of fused-ring (bicyclic) bond motifs is 1. The van der Waals surface area contributed by atoms with E-state index in [-0.39, 0.29) is 17.4 Å². The SMILES string of the molecule is COc1cc2c(cc1O)[C@H](c1ccc(O)cc1)[C@@H](C)[C@@H](C)C2. The van der Waals surface area contributed by atoms with Gasteiger partial charge < -0.3 is 14.9 Å². The zero-order chi connectivity index (χ0) is 15.9. The third-order valence-corrected chi connectivity index (χ3v) is 4.99. The minimum atomic E-state index is 0.187. The molecule has 0 saturated carbocycles. The van der Waals surface area contributed by atoms with Gasteiger partial charge >= 0.3 is 0 Å². The standard InChI is InChI=1S/C19H22O3/c1-11-8-14-9-18(22-3)17(21)10-16(14)19(12(11)2)13-4-6-15(20)7-5-13/h4-7,9-12,19-21H,8H2,1-3H3/t11-,12-,19-/m0/s1. The van der Waals surface area contributed by atoms with Crippen molar-refractivity contribution in [2.24, 2.45) is 11.8 Å². The Balaban J connectivity index is 2.14. The molecule has 3 heteroatoms. The number of methoxy groups -OCH3 is 1. The van der Waals surface area contributed by atoms with Gasteiger partial charge in [0.15, 0.2) is 11.5 Å². The number of rotatable bonds is 2. The molecule has 3 nitrogen and oxygen atoms in total. The van der Waals surface area contributed by atoms with Crippen LogP contribution in [0.5, 0.6) is 17.2 Å². The van der Waals surface area contributed by atoms with Gasteiger partial charge in [-0.15, -0.1) is 0 Å². The van der Waals surface area contributed by atoms with Gasteiger partial charge in [0.1, 0.15) is 5.75 Å². The van der Waals surface area contributed by atoms with Gasteiger partial charge in [-0.1, -0.05) is 26.0 Å². The fourth-order valence-electron chi connectivity index (χ4n) is 3.57.